The molecule has 0 amide bonds. The van der Waals surface area contributed by atoms with E-state index < -0.39 is 0 Å². The number of hydrogen-bond donors (Lipinski definition) is 1. The van der Waals surface area contributed by atoms with Crippen molar-refractivity contribution in [3.63, 3.8) is 0 Å². The standard InChI is InChI=1S/C14H16N4S/c1-2-11(6-7-15)17-9-12-10-19-14(18-12)13-5-3-4-8-16-13/h3-5,8,10-11,17H,2,6,9H2,1H3. The van der Waals surface area contributed by atoms with Crippen LogP contribution in [0.2, 0.25) is 0 Å². The molecule has 0 bridgehead atoms. The highest BCUT2D eigenvalue weighted by molar-refractivity contribution is 7.13. The summed E-state index contributed by atoms with van der Waals surface area (Å²) >= 11 is 1.60. The van der Waals surface area contributed by atoms with Gasteiger partial charge in [0.15, 0.2) is 0 Å². The van der Waals surface area contributed by atoms with Crippen molar-refractivity contribution in [2.45, 2.75) is 32.4 Å². The maximum atomic E-state index is 8.71. The predicted molar refractivity (Wildman–Crippen MR) is 76.5 cm³/mol. The van der Waals surface area contributed by atoms with Crippen molar-refractivity contribution in [3.8, 4) is 16.8 Å². The smallest absolute Gasteiger partial charge is 0.142 e. The topological polar surface area (TPSA) is 61.6 Å². The third kappa shape index (κ3) is 3.85. The van der Waals surface area contributed by atoms with Gasteiger partial charge in [0.2, 0.25) is 0 Å². The number of nitrogens with zero attached hydrogens (tertiary/aromatic N) is 3. The number of hydrogen-bond acceptors (Lipinski definition) is 5. The van der Waals surface area contributed by atoms with Gasteiger partial charge in [-0.1, -0.05) is 13.0 Å². The molecule has 1 N–H and O–H groups in total. The summed E-state index contributed by atoms with van der Waals surface area (Å²) in [4.78, 5) is 8.85. The van der Waals surface area contributed by atoms with E-state index in [1.54, 1.807) is 17.5 Å². The Hall–Kier alpha value is -1.77. The number of nitriles is 1. The second-order valence-electron chi connectivity index (χ2n) is 4.21. The van der Waals surface area contributed by atoms with Crippen molar-refractivity contribution in [1.82, 2.24) is 15.3 Å². The number of pyridine rings is 1. The molecule has 4 nitrogen and oxygen atoms in total. The summed E-state index contributed by atoms with van der Waals surface area (Å²) in [5.74, 6) is 0. The fraction of sp³-hybridized carbons (Fsp3) is 0.357. The summed E-state index contributed by atoms with van der Waals surface area (Å²) in [5.41, 5.74) is 1.91. The van der Waals surface area contributed by atoms with Gasteiger partial charge in [-0.3, -0.25) is 4.98 Å². The molecule has 2 heterocycles. The van der Waals surface area contributed by atoms with Crippen LogP contribution in [0.4, 0.5) is 0 Å². The average Bonchev–Trinajstić information content (AvgIpc) is 2.93. The van der Waals surface area contributed by atoms with Crippen molar-refractivity contribution in [1.29, 1.82) is 5.26 Å². The van der Waals surface area contributed by atoms with Crippen molar-refractivity contribution in [2.24, 2.45) is 0 Å². The van der Waals surface area contributed by atoms with Gasteiger partial charge in [0.1, 0.15) is 5.01 Å². The zero-order chi connectivity index (χ0) is 13.5. The van der Waals surface area contributed by atoms with Crippen LogP contribution in [0.25, 0.3) is 10.7 Å². The lowest BCUT2D eigenvalue weighted by Crippen LogP contribution is -2.27. The molecular formula is C14H16N4S. The van der Waals surface area contributed by atoms with Crippen LogP contribution in [-0.2, 0) is 6.54 Å². The molecule has 0 radical (unpaired) electrons. The third-order valence-electron chi connectivity index (χ3n) is 2.84. The van der Waals surface area contributed by atoms with Crippen LogP contribution in [0.1, 0.15) is 25.5 Å². The fourth-order valence-electron chi connectivity index (χ4n) is 1.72. The largest absolute Gasteiger partial charge is 0.307 e. The van der Waals surface area contributed by atoms with Gasteiger partial charge in [0, 0.05) is 24.2 Å². The van der Waals surface area contributed by atoms with E-state index in [2.05, 4.69) is 28.3 Å². The van der Waals surface area contributed by atoms with Crippen LogP contribution >= 0.6 is 11.3 Å². The van der Waals surface area contributed by atoms with Gasteiger partial charge >= 0.3 is 0 Å². The van der Waals surface area contributed by atoms with Crippen molar-refractivity contribution in [3.05, 3.63) is 35.5 Å². The lowest BCUT2D eigenvalue weighted by atomic mass is 10.1. The number of rotatable bonds is 6. The molecule has 19 heavy (non-hydrogen) atoms. The summed E-state index contributed by atoms with van der Waals surface area (Å²) in [6.45, 7) is 2.78. The minimum atomic E-state index is 0.241. The third-order valence-corrected chi connectivity index (χ3v) is 3.75. The highest BCUT2D eigenvalue weighted by atomic mass is 32.1. The fourth-order valence-corrected chi connectivity index (χ4v) is 2.51. The predicted octanol–water partition coefficient (Wildman–Crippen LogP) is 2.99. The maximum absolute atomic E-state index is 8.71. The van der Waals surface area contributed by atoms with E-state index in [4.69, 9.17) is 5.26 Å². The summed E-state index contributed by atoms with van der Waals surface area (Å²) in [6.07, 6.45) is 3.26. The van der Waals surface area contributed by atoms with Gasteiger partial charge in [-0.25, -0.2) is 4.98 Å². The molecule has 0 aliphatic rings. The van der Waals surface area contributed by atoms with E-state index in [0.29, 0.717) is 13.0 Å². The first kappa shape index (κ1) is 13.7. The minimum absolute atomic E-state index is 0.241. The van der Waals surface area contributed by atoms with Crippen LogP contribution in [0.15, 0.2) is 29.8 Å². The molecule has 5 heteroatoms. The van der Waals surface area contributed by atoms with Crippen molar-refractivity contribution in [2.75, 3.05) is 0 Å². The Morgan fingerprint density at radius 3 is 3.05 bits per heavy atom. The molecule has 2 aromatic rings. The summed E-state index contributed by atoms with van der Waals surface area (Å²) in [6, 6.07) is 8.25. The Labute approximate surface area is 117 Å². The second-order valence-corrected chi connectivity index (χ2v) is 5.07. The average molecular weight is 272 g/mol. The van der Waals surface area contributed by atoms with Gasteiger partial charge in [-0.05, 0) is 18.6 Å². The Morgan fingerprint density at radius 2 is 2.37 bits per heavy atom. The van der Waals surface area contributed by atoms with Crippen molar-refractivity contribution >= 4 is 11.3 Å². The zero-order valence-corrected chi connectivity index (χ0v) is 11.7. The molecule has 0 fully saturated rings. The molecule has 1 unspecified atom stereocenters. The van der Waals surface area contributed by atoms with Crippen LogP contribution in [0, 0.1) is 11.3 Å². The van der Waals surface area contributed by atoms with Gasteiger partial charge in [0.25, 0.3) is 0 Å². The monoisotopic (exact) mass is 272 g/mol. The molecule has 0 aliphatic carbocycles. The molecule has 2 aromatic heterocycles. The SMILES string of the molecule is CCC(CC#N)NCc1csc(-c2ccccn2)n1. The highest BCUT2D eigenvalue weighted by Crippen LogP contribution is 2.21. The van der Waals surface area contributed by atoms with Gasteiger partial charge in [0.05, 0.1) is 23.9 Å². The molecule has 0 saturated carbocycles. The Kier molecular flexibility index (Phi) is 5.01. The maximum Gasteiger partial charge on any atom is 0.142 e. The van der Waals surface area contributed by atoms with E-state index in [9.17, 15) is 0 Å². The normalized spacial score (nSPS) is 12.0. The van der Waals surface area contributed by atoms with E-state index in [1.807, 2.05) is 23.6 Å². The van der Waals surface area contributed by atoms with Crippen molar-refractivity contribution < 1.29 is 0 Å². The molecule has 2 rings (SSSR count). The second kappa shape index (κ2) is 6.98. The van der Waals surface area contributed by atoms with Crippen LogP contribution in [0.5, 0.6) is 0 Å². The Morgan fingerprint density at radius 1 is 1.47 bits per heavy atom. The zero-order valence-electron chi connectivity index (χ0n) is 10.8. The molecule has 98 valence electrons. The molecule has 0 aliphatic heterocycles. The Balaban J connectivity index is 1.97. The van der Waals surface area contributed by atoms with Crippen LogP contribution in [0.3, 0.4) is 0 Å². The minimum Gasteiger partial charge on any atom is -0.307 e. The lowest BCUT2D eigenvalue weighted by Gasteiger charge is -2.11. The number of aromatic nitrogens is 2. The van der Waals surface area contributed by atoms with E-state index in [-0.39, 0.29) is 6.04 Å². The molecule has 0 saturated heterocycles. The van der Waals surface area contributed by atoms with Crippen LogP contribution in [-0.4, -0.2) is 16.0 Å². The number of thiazole rings is 1. The lowest BCUT2D eigenvalue weighted by molar-refractivity contribution is 0.501. The molecule has 0 spiro atoms. The van der Waals surface area contributed by atoms with E-state index in [1.165, 1.54) is 0 Å². The highest BCUT2D eigenvalue weighted by Gasteiger charge is 2.08. The van der Waals surface area contributed by atoms with Gasteiger partial charge < -0.3 is 5.32 Å². The molecule has 1 atom stereocenters. The molecular weight excluding hydrogens is 256 g/mol. The number of nitrogens with one attached hydrogen (secondary N) is 1. The first-order chi connectivity index (χ1) is 9.33. The first-order valence-electron chi connectivity index (χ1n) is 6.29. The quantitative estimate of drug-likeness (QED) is 0.878. The summed E-state index contributed by atoms with van der Waals surface area (Å²) < 4.78 is 0. The summed E-state index contributed by atoms with van der Waals surface area (Å²) in [5, 5.41) is 15.0. The molecule has 0 aromatic carbocycles. The van der Waals surface area contributed by atoms with E-state index in [0.717, 1.165) is 22.8 Å². The van der Waals surface area contributed by atoms with Gasteiger partial charge in [-0.15, -0.1) is 11.3 Å². The van der Waals surface area contributed by atoms with Gasteiger partial charge in [-0.2, -0.15) is 5.26 Å². The Bertz CT molecular complexity index is 544. The first-order valence-corrected chi connectivity index (χ1v) is 7.17. The van der Waals surface area contributed by atoms with Crippen LogP contribution < -0.4 is 5.32 Å². The van der Waals surface area contributed by atoms with E-state index >= 15 is 0 Å². The summed E-state index contributed by atoms with van der Waals surface area (Å²) in [7, 11) is 0.